The highest BCUT2D eigenvalue weighted by Crippen LogP contribution is 2.34. The first kappa shape index (κ1) is 26.3. The van der Waals surface area contributed by atoms with Gasteiger partial charge in [-0.2, -0.15) is 0 Å². The van der Waals surface area contributed by atoms with Crippen molar-refractivity contribution in [1.82, 2.24) is 4.90 Å². The molecule has 3 rings (SSSR count). The van der Waals surface area contributed by atoms with E-state index in [0.29, 0.717) is 12.1 Å². The molecule has 2 heterocycles. The third-order valence-corrected chi connectivity index (χ3v) is 5.66. The van der Waals surface area contributed by atoms with E-state index in [4.69, 9.17) is 24.8 Å². The van der Waals surface area contributed by atoms with Crippen LogP contribution in [0.15, 0.2) is 21.3 Å². The molecule has 0 bridgehead atoms. The summed E-state index contributed by atoms with van der Waals surface area (Å²) in [5.41, 5.74) is 2.79. The van der Waals surface area contributed by atoms with Gasteiger partial charge >= 0.3 is 17.6 Å². The molecule has 1 saturated heterocycles. The van der Waals surface area contributed by atoms with Crippen molar-refractivity contribution >= 4 is 22.9 Å². The van der Waals surface area contributed by atoms with Crippen molar-refractivity contribution in [1.29, 1.82) is 0 Å². The quantitative estimate of drug-likeness (QED) is 0.395. The van der Waals surface area contributed by atoms with Crippen molar-refractivity contribution in [3.63, 3.8) is 0 Å². The highest BCUT2D eigenvalue weighted by Gasteiger charge is 2.29. The molecule has 1 aromatic heterocycles. The molecule has 0 radical (unpaired) electrons. The topological polar surface area (TPSA) is 169 Å². The zero-order valence-corrected chi connectivity index (χ0v) is 18.8. The normalized spacial score (nSPS) is 16.4. The molecule has 10 nitrogen and oxygen atoms in total. The Morgan fingerprint density at radius 2 is 1.58 bits per heavy atom. The number of carboxylic acids is 2. The number of hydrogen-bond acceptors (Lipinski definition) is 8. The van der Waals surface area contributed by atoms with E-state index in [1.165, 1.54) is 31.7 Å². The predicted molar refractivity (Wildman–Crippen MR) is 119 cm³/mol. The van der Waals surface area contributed by atoms with Gasteiger partial charge in [0.2, 0.25) is 0 Å². The lowest BCUT2D eigenvalue weighted by molar-refractivity contribution is -0.165. The molecule has 0 saturated carbocycles. The summed E-state index contributed by atoms with van der Waals surface area (Å²) in [6.45, 7) is 6.67. The lowest BCUT2D eigenvalue weighted by Gasteiger charge is -2.22. The lowest BCUT2D eigenvalue weighted by atomic mass is 9.99. The molecule has 1 aromatic carbocycles. The average molecular weight is 465 g/mol. The third-order valence-electron chi connectivity index (χ3n) is 5.66. The van der Waals surface area contributed by atoms with Gasteiger partial charge in [-0.05, 0) is 56.5 Å². The SMILES string of the molecule is CCc1cc2c(C)cc(=O)oc2c(CN2CCCCCC2)c1O.O=C(O)[C@H](O)[C@@H](O)C(=O)O. The molecule has 10 heteroatoms. The van der Waals surface area contributed by atoms with Gasteiger partial charge in [-0.15, -0.1) is 0 Å². The van der Waals surface area contributed by atoms with Crippen LogP contribution in [0.4, 0.5) is 0 Å². The lowest BCUT2D eigenvalue weighted by Crippen LogP contribution is -2.39. The van der Waals surface area contributed by atoms with Crippen molar-refractivity contribution in [3.8, 4) is 5.75 Å². The molecule has 1 fully saturated rings. The van der Waals surface area contributed by atoms with Crippen LogP contribution < -0.4 is 5.63 Å². The Kier molecular flexibility index (Phi) is 9.39. The van der Waals surface area contributed by atoms with Gasteiger partial charge in [-0.25, -0.2) is 14.4 Å². The van der Waals surface area contributed by atoms with Gasteiger partial charge in [0.1, 0.15) is 11.3 Å². The first-order valence-corrected chi connectivity index (χ1v) is 10.9. The standard InChI is InChI=1S/C19H25NO3.C4H6O6/c1-3-14-11-15-13(2)10-17(21)23-19(15)16(18(14)22)12-20-8-6-4-5-7-9-20;5-1(3(7)8)2(6)4(9)10/h10-11,22H,3-9,12H2,1-2H3;1-2,5-6H,(H,7,8)(H,9,10)/t;1-,2-/m.1/s1. The Morgan fingerprint density at radius 3 is 2.06 bits per heavy atom. The molecule has 0 amide bonds. The minimum atomic E-state index is -2.27. The molecular weight excluding hydrogens is 434 g/mol. The number of aliphatic carboxylic acids is 2. The van der Waals surface area contributed by atoms with Crippen molar-refractivity contribution in [3.05, 3.63) is 39.2 Å². The van der Waals surface area contributed by atoms with Crippen molar-refractivity contribution in [2.75, 3.05) is 13.1 Å². The van der Waals surface area contributed by atoms with Gasteiger partial charge < -0.3 is 29.9 Å². The van der Waals surface area contributed by atoms with Gasteiger partial charge in [0.25, 0.3) is 0 Å². The number of benzene rings is 1. The number of aliphatic hydroxyl groups is 2. The summed E-state index contributed by atoms with van der Waals surface area (Å²) in [5, 5.41) is 44.1. The van der Waals surface area contributed by atoms with E-state index in [2.05, 4.69) is 4.90 Å². The van der Waals surface area contributed by atoms with E-state index >= 15 is 0 Å². The maximum absolute atomic E-state index is 11.8. The number of fused-ring (bicyclic) bond motifs is 1. The van der Waals surface area contributed by atoms with E-state index in [1.807, 2.05) is 19.9 Å². The highest BCUT2D eigenvalue weighted by atomic mass is 16.4. The number of rotatable bonds is 6. The van der Waals surface area contributed by atoms with Crippen molar-refractivity contribution in [2.24, 2.45) is 0 Å². The Labute approximate surface area is 190 Å². The number of nitrogens with zero attached hydrogens (tertiary/aromatic N) is 1. The monoisotopic (exact) mass is 465 g/mol. The number of likely N-dealkylation sites (tertiary alicyclic amines) is 1. The van der Waals surface area contributed by atoms with Gasteiger partial charge in [0.05, 0.1) is 5.56 Å². The molecule has 2 atom stereocenters. The first-order valence-electron chi connectivity index (χ1n) is 10.9. The second-order valence-electron chi connectivity index (χ2n) is 8.10. The molecule has 1 aliphatic heterocycles. The van der Waals surface area contributed by atoms with Crippen LogP contribution >= 0.6 is 0 Å². The fourth-order valence-electron chi connectivity index (χ4n) is 3.77. The third kappa shape index (κ3) is 6.77. The minimum Gasteiger partial charge on any atom is -0.507 e. The molecule has 182 valence electrons. The summed E-state index contributed by atoms with van der Waals surface area (Å²) < 4.78 is 5.48. The summed E-state index contributed by atoms with van der Waals surface area (Å²) in [4.78, 5) is 33.7. The number of phenolic OH excluding ortho intramolecular Hbond substituents is 1. The van der Waals surface area contributed by atoms with Crippen LogP contribution in [0.2, 0.25) is 0 Å². The van der Waals surface area contributed by atoms with Gasteiger partial charge in [-0.1, -0.05) is 19.8 Å². The summed E-state index contributed by atoms with van der Waals surface area (Å²) in [6, 6.07) is 3.48. The number of aliphatic hydroxyl groups excluding tert-OH is 2. The summed E-state index contributed by atoms with van der Waals surface area (Å²) >= 11 is 0. The largest absolute Gasteiger partial charge is 0.507 e. The number of carbonyl (C=O) groups is 2. The van der Waals surface area contributed by atoms with Crippen LogP contribution in [-0.2, 0) is 22.6 Å². The van der Waals surface area contributed by atoms with E-state index in [0.717, 1.165) is 41.6 Å². The van der Waals surface area contributed by atoms with E-state index in [9.17, 15) is 19.5 Å². The summed E-state index contributed by atoms with van der Waals surface area (Å²) in [6.07, 6.45) is 1.14. The summed E-state index contributed by atoms with van der Waals surface area (Å²) in [7, 11) is 0. The molecule has 0 unspecified atom stereocenters. The van der Waals surface area contributed by atoms with Gasteiger partial charge in [-0.3, -0.25) is 4.90 Å². The average Bonchev–Trinajstić information content (AvgIpc) is 3.03. The van der Waals surface area contributed by atoms with Crippen LogP contribution in [-0.4, -0.2) is 67.7 Å². The minimum absolute atomic E-state index is 0.290. The number of aryl methyl sites for hydroxylation is 2. The molecule has 0 spiro atoms. The van der Waals surface area contributed by atoms with E-state index in [1.54, 1.807) is 0 Å². The molecule has 2 aromatic rings. The van der Waals surface area contributed by atoms with Crippen LogP contribution in [0.25, 0.3) is 11.0 Å². The highest BCUT2D eigenvalue weighted by molar-refractivity contribution is 5.86. The Morgan fingerprint density at radius 1 is 1.03 bits per heavy atom. The maximum Gasteiger partial charge on any atom is 0.336 e. The van der Waals surface area contributed by atoms with Gasteiger partial charge in [0.15, 0.2) is 12.2 Å². The van der Waals surface area contributed by atoms with E-state index < -0.39 is 24.1 Å². The van der Waals surface area contributed by atoms with Crippen LogP contribution in [0.5, 0.6) is 5.75 Å². The molecule has 0 aliphatic carbocycles. The fraction of sp³-hybridized carbons (Fsp3) is 0.522. The van der Waals surface area contributed by atoms with Crippen molar-refractivity contribution in [2.45, 2.75) is 64.7 Å². The number of carboxylic acid groups (broad SMARTS) is 2. The van der Waals surface area contributed by atoms with Gasteiger partial charge in [0, 0.05) is 18.0 Å². The smallest absolute Gasteiger partial charge is 0.336 e. The second kappa shape index (κ2) is 11.8. The van der Waals surface area contributed by atoms with Crippen LogP contribution in [0, 0.1) is 6.92 Å². The van der Waals surface area contributed by atoms with Crippen molar-refractivity contribution < 1.29 is 39.5 Å². The number of phenols is 1. The zero-order valence-electron chi connectivity index (χ0n) is 18.8. The summed E-state index contributed by atoms with van der Waals surface area (Å²) in [5.74, 6) is -3.25. The zero-order chi connectivity index (χ0) is 24.7. The molecule has 1 aliphatic rings. The van der Waals surface area contributed by atoms with E-state index in [-0.39, 0.29) is 11.4 Å². The van der Waals surface area contributed by atoms with Crippen LogP contribution in [0.3, 0.4) is 0 Å². The maximum atomic E-state index is 11.8. The second-order valence-corrected chi connectivity index (χ2v) is 8.10. The number of aromatic hydroxyl groups is 1. The molecular formula is C23H31NO9. The molecule has 33 heavy (non-hydrogen) atoms. The Bertz CT molecular complexity index is 1020. The Hall–Kier alpha value is -2.95. The predicted octanol–water partition coefficient (Wildman–Crippen LogP) is 1.62. The fourth-order valence-corrected chi connectivity index (χ4v) is 3.77. The Balaban J connectivity index is 0.000000328. The van der Waals surface area contributed by atoms with Crippen LogP contribution in [0.1, 0.15) is 49.3 Å². The molecule has 5 N–H and O–H groups in total. The number of hydrogen-bond donors (Lipinski definition) is 5. The first-order chi connectivity index (χ1) is 15.6.